The van der Waals surface area contributed by atoms with E-state index in [4.69, 9.17) is 9.47 Å². The molecule has 0 N–H and O–H groups in total. The fourth-order valence-corrected chi connectivity index (χ4v) is 12.2. The number of hydrogen-bond donors (Lipinski definition) is 0. The van der Waals surface area contributed by atoms with Gasteiger partial charge in [0.15, 0.2) is 0 Å². The van der Waals surface area contributed by atoms with E-state index in [1.54, 1.807) is 0 Å². The SMILES string of the molecule is CC(=O)OC1CC2(C)C(CCC3(C)C2CCC2C4(C)CCC(C)(C)C(=O)C4CCC23C)C(C)(C)C1OC(C)=O. The summed E-state index contributed by atoms with van der Waals surface area (Å²) in [6.07, 6.45) is 8.77. The molecular formula is C34H54O5. The summed E-state index contributed by atoms with van der Waals surface area (Å²) in [5.74, 6) is 1.52. The van der Waals surface area contributed by atoms with Crippen LogP contribution in [0.2, 0.25) is 0 Å². The molecule has 5 saturated carbocycles. The Morgan fingerprint density at radius 3 is 1.77 bits per heavy atom. The summed E-state index contributed by atoms with van der Waals surface area (Å²) in [5.41, 5.74) is -0.117. The Hall–Kier alpha value is -1.39. The van der Waals surface area contributed by atoms with E-state index in [0.29, 0.717) is 23.5 Å². The van der Waals surface area contributed by atoms with Crippen molar-refractivity contribution >= 4 is 17.7 Å². The minimum absolute atomic E-state index is 0.0244. The first-order valence-electron chi connectivity index (χ1n) is 15.7. The maximum Gasteiger partial charge on any atom is 0.303 e. The lowest BCUT2D eigenvalue weighted by Crippen LogP contribution is -2.70. The molecule has 5 aliphatic rings. The molecule has 0 bridgehead atoms. The second-order valence-electron chi connectivity index (χ2n) is 16.7. The third kappa shape index (κ3) is 3.86. The second-order valence-corrected chi connectivity index (χ2v) is 16.7. The lowest BCUT2D eigenvalue weighted by molar-refractivity contribution is -0.273. The Bertz CT molecular complexity index is 1060. The van der Waals surface area contributed by atoms with Crippen molar-refractivity contribution in [2.45, 2.75) is 139 Å². The summed E-state index contributed by atoms with van der Waals surface area (Å²) in [7, 11) is 0. The van der Waals surface area contributed by atoms with Gasteiger partial charge in [-0.15, -0.1) is 0 Å². The number of ether oxygens (including phenoxy) is 2. The summed E-state index contributed by atoms with van der Waals surface area (Å²) in [6, 6.07) is 0. The smallest absolute Gasteiger partial charge is 0.303 e. The molecule has 0 heterocycles. The van der Waals surface area contributed by atoms with Gasteiger partial charge < -0.3 is 9.47 Å². The average molecular weight is 543 g/mol. The number of ketones is 1. The lowest BCUT2D eigenvalue weighted by atomic mass is 9.30. The molecule has 5 aliphatic carbocycles. The number of rotatable bonds is 2. The Labute approximate surface area is 236 Å². The molecule has 0 aromatic heterocycles. The molecule has 220 valence electrons. The van der Waals surface area contributed by atoms with Gasteiger partial charge in [0.1, 0.15) is 18.0 Å². The van der Waals surface area contributed by atoms with Gasteiger partial charge in [-0.2, -0.15) is 0 Å². The molecule has 0 spiro atoms. The van der Waals surface area contributed by atoms with Crippen LogP contribution in [0, 0.1) is 56.2 Å². The van der Waals surface area contributed by atoms with Gasteiger partial charge >= 0.3 is 11.9 Å². The van der Waals surface area contributed by atoms with Crippen LogP contribution in [0.5, 0.6) is 0 Å². The van der Waals surface area contributed by atoms with E-state index in [1.807, 2.05) is 0 Å². The molecule has 0 saturated heterocycles. The van der Waals surface area contributed by atoms with E-state index in [1.165, 1.54) is 26.7 Å². The summed E-state index contributed by atoms with van der Waals surface area (Å²) in [4.78, 5) is 38.1. The van der Waals surface area contributed by atoms with Crippen molar-refractivity contribution < 1.29 is 23.9 Å². The van der Waals surface area contributed by atoms with Crippen LogP contribution in [-0.4, -0.2) is 29.9 Å². The van der Waals surface area contributed by atoms with Crippen LogP contribution in [0.4, 0.5) is 0 Å². The van der Waals surface area contributed by atoms with Crippen molar-refractivity contribution in [3.8, 4) is 0 Å². The van der Waals surface area contributed by atoms with Gasteiger partial charge in [-0.3, -0.25) is 14.4 Å². The van der Waals surface area contributed by atoms with Crippen LogP contribution in [0.3, 0.4) is 0 Å². The number of hydrogen-bond acceptors (Lipinski definition) is 5. The van der Waals surface area contributed by atoms with Crippen LogP contribution >= 0.6 is 0 Å². The zero-order valence-corrected chi connectivity index (χ0v) is 26.4. The molecule has 39 heavy (non-hydrogen) atoms. The highest BCUT2D eigenvalue weighted by molar-refractivity contribution is 5.88. The van der Waals surface area contributed by atoms with Crippen molar-refractivity contribution in [3.63, 3.8) is 0 Å². The van der Waals surface area contributed by atoms with Gasteiger partial charge in [-0.1, -0.05) is 55.4 Å². The van der Waals surface area contributed by atoms with Crippen molar-refractivity contribution in [2.24, 2.45) is 56.2 Å². The van der Waals surface area contributed by atoms with Gasteiger partial charge in [0.05, 0.1) is 0 Å². The van der Waals surface area contributed by atoms with E-state index < -0.39 is 12.2 Å². The van der Waals surface area contributed by atoms with E-state index in [9.17, 15) is 14.4 Å². The minimum atomic E-state index is -0.431. The third-order valence-electron chi connectivity index (χ3n) is 14.2. The standard InChI is InChI=1S/C34H54O5/c1-20(35)38-23-19-32(8)24(30(5,6)28(23)39-21(2)36)14-16-34(10)26(32)12-11-25-31(7)18-17-29(3,4)27(37)22(31)13-15-33(25,34)9/h22-26,28H,11-19H2,1-10H3. The van der Waals surface area contributed by atoms with Crippen molar-refractivity contribution in [3.05, 3.63) is 0 Å². The highest BCUT2D eigenvalue weighted by Gasteiger charge is 2.72. The molecule has 5 rings (SSSR count). The van der Waals surface area contributed by atoms with Crippen molar-refractivity contribution in [2.75, 3.05) is 0 Å². The van der Waals surface area contributed by atoms with Crippen LogP contribution < -0.4 is 0 Å². The predicted molar refractivity (Wildman–Crippen MR) is 152 cm³/mol. The van der Waals surface area contributed by atoms with Gasteiger partial charge in [-0.05, 0) is 97.2 Å². The van der Waals surface area contributed by atoms with Gasteiger partial charge in [0.2, 0.25) is 0 Å². The molecule has 10 unspecified atom stereocenters. The Balaban J connectivity index is 1.53. The Morgan fingerprint density at radius 1 is 0.667 bits per heavy atom. The van der Waals surface area contributed by atoms with Crippen LogP contribution in [-0.2, 0) is 23.9 Å². The quantitative estimate of drug-likeness (QED) is 0.337. The Morgan fingerprint density at radius 2 is 1.21 bits per heavy atom. The normalized spacial score (nSPS) is 49.9. The second kappa shape index (κ2) is 8.81. The monoisotopic (exact) mass is 542 g/mol. The number of carbonyl (C=O) groups excluding carboxylic acids is 3. The number of carbonyl (C=O) groups is 3. The molecule has 0 aromatic carbocycles. The molecule has 5 heteroatoms. The van der Waals surface area contributed by atoms with E-state index >= 15 is 0 Å². The molecule has 0 aromatic rings. The number of fused-ring (bicyclic) bond motifs is 7. The average Bonchev–Trinajstić information content (AvgIpc) is 2.79. The first kappa shape index (κ1) is 29.1. The first-order chi connectivity index (χ1) is 17.8. The van der Waals surface area contributed by atoms with Crippen LogP contribution in [0.1, 0.15) is 127 Å². The largest absolute Gasteiger partial charge is 0.459 e. The summed E-state index contributed by atoms with van der Waals surface area (Å²) in [5, 5.41) is 0. The van der Waals surface area contributed by atoms with Crippen LogP contribution in [0.15, 0.2) is 0 Å². The van der Waals surface area contributed by atoms with E-state index in [0.717, 1.165) is 44.9 Å². The highest BCUT2D eigenvalue weighted by Crippen LogP contribution is 2.77. The minimum Gasteiger partial charge on any atom is -0.459 e. The molecule has 10 atom stereocenters. The summed E-state index contributed by atoms with van der Waals surface area (Å²) < 4.78 is 11.9. The zero-order chi connectivity index (χ0) is 29.0. The van der Waals surface area contributed by atoms with Crippen molar-refractivity contribution in [1.29, 1.82) is 0 Å². The van der Waals surface area contributed by atoms with E-state index in [2.05, 4.69) is 55.4 Å². The molecule has 5 fully saturated rings. The van der Waals surface area contributed by atoms with Gasteiger partial charge in [-0.25, -0.2) is 0 Å². The molecular weight excluding hydrogens is 488 g/mol. The molecule has 5 nitrogen and oxygen atoms in total. The lowest BCUT2D eigenvalue weighted by Gasteiger charge is -2.74. The van der Waals surface area contributed by atoms with Crippen molar-refractivity contribution in [1.82, 2.24) is 0 Å². The third-order valence-corrected chi connectivity index (χ3v) is 14.2. The Kier molecular flexibility index (Phi) is 6.57. The van der Waals surface area contributed by atoms with Gasteiger partial charge in [0, 0.05) is 30.6 Å². The molecule has 0 aliphatic heterocycles. The maximum absolute atomic E-state index is 13.7. The number of Topliss-reactive ketones (excluding diaryl/α,β-unsaturated/α-hetero) is 1. The highest BCUT2D eigenvalue weighted by atomic mass is 16.6. The topological polar surface area (TPSA) is 69.7 Å². The fourth-order valence-electron chi connectivity index (χ4n) is 12.2. The van der Waals surface area contributed by atoms with E-state index in [-0.39, 0.29) is 50.3 Å². The first-order valence-corrected chi connectivity index (χ1v) is 15.7. The van der Waals surface area contributed by atoms with Crippen LogP contribution in [0.25, 0.3) is 0 Å². The van der Waals surface area contributed by atoms with Gasteiger partial charge in [0.25, 0.3) is 0 Å². The summed E-state index contributed by atoms with van der Waals surface area (Å²) >= 11 is 0. The molecule has 0 amide bonds. The zero-order valence-electron chi connectivity index (χ0n) is 26.4. The fraction of sp³-hybridized carbons (Fsp3) is 0.912. The number of esters is 2. The maximum atomic E-state index is 13.7. The summed E-state index contributed by atoms with van der Waals surface area (Å²) in [6.45, 7) is 21.8. The predicted octanol–water partition coefficient (Wildman–Crippen LogP) is 7.54. The molecule has 0 radical (unpaired) electrons.